The number of rotatable bonds is 0. The van der Waals surface area contributed by atoms with Crippen molar-refractivity contribution in [2.75, 3.05) is 0 Å². The first-order valence-corrected chi connectivity index (χ1v) is 4.43. The number of aromatic hydroxyl groups is 1. The van der Waals surface area contributed by atoms with Gasteiger partial charge in [0.25, 0.3) is 0 Å². The second-order valence-electron chi connectivity index (χ2n) is 2.68. The Morgan fingerprint density at radius 3 is 2.31 bits per heavy atom. The molecule has 0 heterocycles. The molecule has 0 aromatic heterocycles. The molecule has 2 rings (SSSR count). The van der Waals surface area contributed by atoms with Crippen LogP contribution in [0.1, 0.15) is 7.43 Å². The topological polar surface area (TPSA) is 20.2 Å². The van der Waals surface area contributed by atoms with Gasteiger partial charge in [-0.25, -0.2) is 0 Å². The summed E-state index contributed by atoms with van der Waals surface area (Å²) in [6, 6.07) is 11.3. The molecule has 1 N–H and O–H groups in total. The smallest absolute Gasteiger partial charge is 0.116 e. The van der Waals surface area contributed by atoms with E-state index in [-0.39, 0.29) is 7.43 Å². The van der Waals surface area contributed by atoms with E-state index >= 15 is 0 Å². The van der Waals surface area contributed by atoms with Gasteiger partial charge in [-0.2, -0.15) is 0 Å². The number of fused-ring (bicyclic) bond motifs is 1. The molecule has 0 aliphatic carbocycles. The number of phenolic OH excluding ortho intramolecular Hbond substituents is 1. The number of benzene rings is 2. The standard InChI is InChI=1S/C10H7BrO.CH4/c11-9-3-1-8-6-10(12)4-2-7(8)5-9;/h1-6,12H;1H4. The van der Waals surface area contributed by atoms with Gasteiger partial charge in [0, 0.05) is 4.47 Å². The minimum Gasteiger partial charge on any atom is -0.508 e. The van der Waals surface area contributed by atoms with Crippen LogP contribution in [0.5, 0.6) is 5.75 Å². The minimum absolute atomic E-state index is 0. The summed E-state index contributed by atoms with van der Waals surface area (Å²) < 4.78 is 1.06. The fraction of sp³-hybridized carbons (Fsp3) is 0.0909. The molecule has 0 aliphatic rings. The van der Waals surface area contributed by atoms with E-state index in [1.165, 1.54) is 0 Å². The van der Waals surface area contributed by atoms with Crippen LogP contribution >= 0.6 is 15.9 Å². The molecule has 0 spiro atoms. The Bertz CT molecular complexity index is 382. The number of hydrogen-bond donors (Lipinski definition) is 1. The van der Waals surface area contributed by atoms with Crippen LogP contribution in [0, 0.1) is 0 Å². The van der Waals surface area contributed by atoms with Crippen molar-refractivity contribution in [3.8, 4) is 5.75 Å². The van der Waals surface area contributed by atoms with Gasteiger partial charge >= 0.3 is 0 Å². The van der Waals surface area contributed by atoms with Crippen LogP contribution in [-0.2, 0) is 0 Å². The Kier molecular flexibility index (Phi) is 2.94. The molecule has 0 amide bonds. The Hall–Kier alpha value is -1.02. The van der Waals surface area contributed by atoms with Crippen molar-refractivity contribution >= 4 is 26.7 Å². The highest BCUT2D eigenvalue weighted by atomic mass is 79.9. The summed E-state index contributed by atoms with van der Waals surface area (Å²) in [5, 5.41) is 11.4. The maximum absolute atomic E-state index is 9.19. The van der Waals surface area contributed by atoms with Crippen LogP contribution in [0.4, 0.5) is 0 Å². The fourth-order valence-corrected chi connectivity index (χ4v) is 1.58. The van der Waals surface area contributed by atoms with Gasteiger partial charge < -0.3 is 5.11 Å². The fourth-order valence-electron chi connectivity index (χ4n) is 1.20. The van der Waals surface area contributed by atoms with Gasteiger partial charge in [0.15, 0.2) is 0 Å². The molecule has 0 aliphatic heterocycles. The summed E-state index contributed by atoms with van der Waals surface area (Å²) in [6.07, 6.45) is 0. The van der Waals surface area contributed by atoms with Crippen molar-refractivity contribution < 1.29 is 5.11 Å². The van der Waals surface area contributed by atoms with Crippen molar-refractivity contribution in [3.63, 3.8) is 0 Å². The molecule has 1 nitrogen and oxygen atoms in total. The number of hydrogen-bond acceptors (Lipinski definition) is 1. The first kappa shape index (κ1) is 10.1. The highest BCUT2D eigenvalue weighted by Crippen LogP contribution is 2.22. The molecule has 13 heavy (non-hydrogen) atoms. The Balaban J connectivity index is 0.000000845. The zero-order valence-electron chi connectivity index (χ0n) is 6.29. The van der Waals surface area contributed by atoms with E-state index in [9.17, 15) is 5.11 Å². The molecule has 2 aromatic rings. The van der Waals surface area contributed by atoms with Crippen molar-refractivity contribution in [3.05, 3.63) is 40.9 Å². The van der Waals surface area contributed by atoms with E-state index in [0.29, 0.717) is 5.75 Å². The molecular weight excluding hydrogens is 228 g/mol. The Labute approximate surface area is 86.1 Å². The van der Waals surface area contributed by atoms with E-state index in [2.05, 4.69) is 15.9 Å². The summed E-state index contributed by atoms with van der Waals surface area (Å²) in [6.45, 7) is 0. The molecule has 0 saturated heterocycles. The maximum Gasteiger partial charge on any atom is 0.116 e. The lowest BCUT2D eigenvalue weighted by Gasteiger charge is -1.98. The van der Waals surface area contributed by atoms with Crippen LogP contribution in [0.25, 0.3) is 10.8 Å². The SMILES string of the molecule is C.Oc1ccc2cc(Br)ccc2c1. The van der Waals surface area contributed by atoms with Gasteiger partial charge in [-0.1, -0.05) is 35.5 Å². The van der Waals surface area contributed by atoms with E-state index in [4.69, 9.17) is 0 Å². The lowest BCUT2D eigenvalue weighted by atomic mass is 10.1. The summed E-state index contributed by atoms with van der Waals surface area (Å²) in [7, 11) is 0. The Morgan fingerprint density at radius 2 is 1.54 bits per heavy atom. The second kappa shape index (κ2) is 3.79. The zero-order chi connectivity index (χ0) is 8.55. The first-order chi connectivity index (χ1) is 5.75. The average Bonchev–Trinajstić information content (AvgIpc) is 2.05. The van der Waals surface area contributed by atoms with E-state index in [0.717, 1.165) is 15.2 Å². The monoisotopic (exact) mass is 238 g/mol. The second-order valence-corrected chi connectivity index (χ2v) is 3.59. The molecule has 68 valence electrons. The minimum atomic E-state index is 0. The summed E-state index contributed by atoms with van der Waals surface area (Å²) in [4.78, 5) is 0. The van der Waals surface area contributed by atoms with Gasteiger partial charge in [-0.3, -0.25) is 0 Å². The maximum atomic E-state index is 9.19. The van der Waals surface area contributed by atoms with Crippen molar-refractivity contribution in [2.45, 2.75) is 7.43 Å². The van der Waals surface area contributed by atoms with Crippen LogP contribution in [0.2, 0.25) is 0 Å². The highest BCUT2D eigenvalue weighted by molar-refractivity contribution is 9.10. The summed E-state index contributed by atoms with van der Waals surface area (Å²) >= 11 is 3.39. The van der Waals surface area contributed by atoms with Gasteiger partial charge in [0.2, 0.25) is 0 Å². The van der Waals surface area contributed by atoms with Gasteiger partial charge in [0.1, 0.15) is 5.75 Å². The van der Waals surface area contributed by atoms with E-state index in [1.54, 1.807) is 12.1 Å². The molecule has 0 radical (unpaired) electrons. The van der Waals surface area contributed by atoms with Crippen LogP contribution in [0.3, 0.4) is 0 Å². The molecule has 0 atom stereocenters. The number of halogens is 1. The van der Waals surface area contributed by atoms with Crippen LogP contribution < -0.4 is 0 Å². The third kappa shape index (κ3) is 2.01. The molecule has 0 bridgehead atoms. The summed E-state index contributed by atoms with van der Waals surface area (Å²) in [5.41, 5.74) is 0. The summed E-state index contributed by atoms with van der Waals surface area (Å²) in [5.74, 6) is 0.310. The molecule has 0 saturated carbocycles. The Morgan fingerprint density at radius 1 is 0.923 bits per heavy atom. The normalized spacial score (nSPS) is 9.62. The lowest BCUT2D eigenvalue weighted by molar-refractivity contribution is 0.476. The van der Waals surface area contributed by atoms with Crippen molar-refractivity contribution in [2.24, 2.45) is 0 Å². The highest BCUT2D eigenvalue weighted by Gasteiger charge is 1.94. The predicted molar refractivity (Wildman–Crippen MR) is 60.0 cm³/mol. The van der Waals surface area contributed by atoms with Crippen LogP contribution in [-0.4, -0.2) is 5.11 Å². The van der Waals surface area contributed by atoms with Gasteiger partial charge in [-0.15, -0.1) is 0 Å². The average molecular weight is 239 g/mol. The van der Waals surface area contributed by atoms with Gasteiger partial charge in [-0.05, 0) is 35.0 Å². The molecule has 0 unspecified atom stereocenters. The predicted octanol–water partition coefficient (Wildman–Crippen LogP) is 3.94. The van der Waals surface area contributed by atoms with E-state index < -0.39 is 0 Å². The van der Waals surface area contributed by atoms with Crippen LogP contribution in [0.15, 0.2) is 40.9 Å². The third-order valence-corrected chi connectivity index (χ3v) is 2.28. The van der Waals surface area contributed by atoms with Gasteiger partial charge in [0.05, 0.1) is 0 Å². The lowest BCUT2D eigenvalue weighted by Crippen LogP contribution is -1.71. The largest absolute Gasteiger partial charge is 0.508 e. The third-order valence-electron chi connectivity index (χ3n) is 1.79. The van der Waals surface area contributed by atoms with Crippen molar-refractivity contribution in [1.29, 1.82) is 0 Å². The van der Waals surface area contributed by atoms with E-state index in [1.807, 2.05) is 24.3 Å². The number of phenols is 1. The zero-order valence-corrected chi connectivity index (χ0v) is 7.88. The molecular formula is C11H11BrO. The first-order valence-electron chi connectivity index (χ1n) is 3.64. The molecule has 2 aromatic carbocycles. The molecule has 2 heteroatoms. The van der Waals surface area contributed by atoms with Crippen molar-refractivity contribution in [1.82, 2.24) is 0 Å². The quantitative estimate of drug-likeness (QED) is 0.738. The molecule has 0 fully saturated rings.